The predicted octanol–water partition coefficient (Wildman–Crippen LogP) is 1.42. The maximum atomic E-state index is 11.4. The summed E-state index contributed by atoms with van der Waals surface area (Å²) in [5.74, 6) is -0.720. The maximum absolute atomic E-state index is 11.4. The Hall–Kier alpha value is -1.36. The molecule has 0 aliphatic carbocycles. The van der Waals surface area contributed by atoms with Crippen molar-refractivity contribution >= 4 is 5.97 Å². The van der Waals surface area contributed by atoms with Crippen LogP contribution in [0.15, 0.2) is 6.20 Å². The van der Waals surface area contributed by atoms with Gasteiger partial charge in [0.25, 0.3) is 0 Å². The van der Waals surface area contributed by atoms with Crippen LogP contribution in [0.2, 0.25) is 0 Å². The lowest BCUT2D eigenvalue weighted by Gasteiger charge is -2.30. The molecule has 1 aromatic heterocycles. The van der Waals surface area contributed by atoms with E-state index in [1.807, 2.05) is 24.9 Å². The smallest absolute Gasteiger partial charge is 0.323 e. The van der Waals surface area contributed by atoms with Crippen molar-refractivity contribution in [3.05, 3.63) is 17.5 Å². The van der Waals surface area contributed by atoms with Gasteiger partial charge < -0.3 is 5.11 Å². The topological polar surface area (TPSA) is 58.4 Å². The van der Waals surface area contributed by atoms with E-state index < -0.39 is 11.5 Å². The van der Waals surface area contributed by atoms with Crippen LogP contribution in [0.25, 0.3) is 0 Å². The highest BCUT2D eigenvalue weighted by Gasteiger charge is 2.43. The van der Waals surface area contributed by atoms with Crippen molar-refractivity contribution in [2.24, 2.45) is 7.05 Å². The molecule has 5 heteroatoms. The summed E-state index contributed by atoms with van der Waals surface area (Å²) in [6.07, 6.45) is 4.56. The summed E-state index contributed by atoms with van der Waals surface area (Å²) in [5.41, 5.74) is 1.49. The molecule has 1 aliphatic heterocycles. The van der Waals surface area contributed by atoms with Crippen LogP contribution < -0.4 is 0 Å². The van der Waals surface area contributed by atoms with Crippen LogP contribution in [0.4, 0.5) is 0 Å². The second-order valence-corrected chi connectivity index (χ2v) is 5.23. The van der Waals surface area contributed by atoms with Crippen LogP contribution in [0.1, 0.15) is 37.9 Å². The number of aliphatic carboxylic acids is 1. The van der Waals surface area contributed by atoms with Crippen molar-refractivity contribution in [2.75, 3.05) is 6.54 Å². The van der Waals surface area contributed by atoms with Crippen LogP contribution in [0, 0.1) is 0 Å². The highest BCUT2D eigenvalue weighted by Crippen LogP contribution is 2.31. The van der Waals surface area contributed by atoms with Crippen LogP contribution in [0.5, 0.6) is 0 Å². The number of carboxylic acids is 1. The third-order valence-corrected chi connectivity index (χ3v) is 3.94. The van der Waals surface area contributed by atoms with Gasteiger partial charge in [-0.3, -0.25) is 14.4 Å². The summed E-state index contributed by atoms with van der Waals surface area (Å²) in [7, 11) is 1.91. The standard InChI is InChI=1S/C13H21N3O2/c1-4-11-10(8-15(3)14-11)9-16-7-5-6-13(16,2)12(17)18/h8H,4-7,9H2,1-3H3,(H,17,18). The highest BCUT2D eigenvalue weighted by atomic mass is 16.4. The molecule has 1 atom stereocenters. The van der Waals surface area contributed by atoms with Crippen molar-refractivity contribution < 1.29 is 9.90 Å². The van der Waals surface area contributed by atoms with E-state index in [0.29, 0.717) is 6.54 Å². The Bertz CT molecular complexity index is 455. The molecule has 0 saturated carbocycles. The summed E-state index contributed by atoms with van der Waals surface area (Å²) < 4.78 is 1.81. The van der Waals surface area contributed by atoms with E-state index in [4.69, 9.17) is 0 Å². The first-order valence-corrected chi connectivity index (χ1v) is 6.47. The van der Waals surface area contributed by atoms with E-state index in [1.54, 1.807) is 0 Å². The van der Waals surface area contributed by atoms with Gasteiger partial charge in [0.2, 0.25) is 0 Å². The normalized spacial score (nSPS) is 24.6. The highest BCUT2D eigenvalue weighted by molar-refractivity contribution is 5.78. The fourth-order valence-corrected chi connectivity index (χ4v) is 2.73. The summed E-state index contributed by atoms with van der Waals surface area (Å²) in [6.45, 7) is 5.43. The molecule has 18 heavy (non-hydrogen) atoms. The lowest BCUT2D eigenvalue weighted by Crippen LogP contribution is -2.47. The van der Waals surface area contributed by atoms with Gasteiger partial charge in [-0.25, -0.2) is 0 Å². The lowest BCUT2D eigenvalue weighted by molar-refractivity contribution is -0.148. The van der Waals surface area contributed by atoms with Gasteiger partial charge in [-0.15, -0.1) is 0 Å². The maximum Gasteiger partial charge on any atom is 0.323 e. The van der Waals surface area contributed by atoms with E-state index in [0.717, 1.165) is 37.1 Å². The number of hydrogen-bond donors (Lipinski definition) is 1. The summed E-state index contributed by atoms with van der Waals surface area (Å²) in [5, 5.41) is 13.8. The molecule has 5 nitrogen and oxygen atoms in total. The fraction of sp³-hybridized carbons (Fsp3) is 0.692. The van der Waals surface area contributed by atoms with Gasteiger partial charge in [0.15, 0.2) is 0 Å². The Morgan fingerprint density at radius 1 is 1.61 bits per heavy atom. The third-order valence-electron chi connectivity index (χ3n) is 3.94. The van der Waals surface area contributed by atoms with E-state index >= 15 is 0 Å². The average molecular weight is 251 g/mol. The number of aryl methyl sites for hydroxylation is 2. The van der Waals surface area contributed by atoms with Gasteiger partial charge in [-0.1, -0.05) is 6.92 Å². The van der Waals surface area contributed by atoms with Gasteiger partial charge in [-0.05, 0) is 32.7 Å². The minimum Gasteiger partial charge on any atom is -0.480 e. The Morgan fingerprint density at radius 3 is 2.94 bits per heavy atom. The zero-order valence-corrected chi connectivity index (χ0v) is 11.3. The molecule has 0 aromatic carbocycles. The van der Waals surface area contributed by atoms with Crippen LogP contribution in [0.3, 0.4) is 0 Å². The number of hydrogen-bond acceptors (Lipinski definition) is 3. The van der Waals surface area contributed by atoms with Crippen LogP contribution >= 0.6 is 0 Å². The average Bonchev–Trinajstić information content (AvgIpc) is 2.85. The second-order valence-electron chi connectivity index (χ2n) is 5.23. The van der Waals surface area contributed by atoms with Crippen LogP contribution in [-0.2, 0) is 24.8 Å². The quantitative estimate of drug-likeness (QED) is 0.879. The molecule has 1 aliphatic rings. The van der Waals surface area contributed by atoms with Crippen LogP contribution in [-0.4, -0.2) is 37.8 Å². The minimum absolute atomic E-state index is 0.680. The van der Waals surface area contributed by atoms with Crippen molar-refractivity contribution in [1.82, 2.24) is 14.7 Å². The first-order chi connectivity index (χ1) is 8.47. The van der Waals surface area contributed by atoms with Gasteiger partial charge in [0.05, 0.1) is 5.69 Å². The predicted molar refractivity (Wildman–Crippen MR) is 68.3 cm³/mol. The Morgan fingerprint density at radius 2 is 2.33 bits per heavy atom. The molecule has 1 aromatic rings. The second kappa shape index (κ2) is 4.72. The number of rotatable bonds is 4. The van der Waals surface area contributed by atoms with E-state index in [2.05, 4.69) is 16.9 Å². The molecule has 0 spiro atoms. The zero-order valence-electron chi connectivity index (χ0n) is 11.3. The number of aromatic nitrogens is 2. The van der Waals surface area contributed by atoms with Gasteiger partial charge in [0.1, 0.15) is 5.54 Å². The molecule has 2 rings (SSSR count). The minimum atomic E-state index is -0.721. The molecular weight excluding hydrogens is 230 g/mol. The molecule has 0 bridgehead atoms. The van der Waals surface area contributed by atoms with Gasteiger partial charge in [0, 0.05) is 25.4 Å². The monoisotopic (exact) mass is 251 g/mol. The molecule has 100 valence electrons. The Labute approximate surface area is 107 Å². The summed E-state index contributed by atoms with van der Waals surface area (Å²) >= 11 is 0. The number of likely N-dealkylation sites (tertiary alicyclic amines) is 1. The fourth-order valence-electron chi connectivity index (χ4n) is 2.73. The van der Waals surface area contributed by atoms with Gasteiger partial charge >= 0.3 is 5.97 Å². The van der Waals surface area contributed by atoms with E-state index in [1.165, 1.54) is 0 Å². The Balaban J connectivity index is 2.20. The van der Waals surface area contributed by atoms with Crippen molar-refractivity contribution in [1.29, 1.82) is 0 Å². The molecule has 1 N–H and O–H groups in total. The van der Waals surface area contributed by atoms with E-state index in [9.17, 15) is 9.90 Å². The molecule has 0 amide bonds. The first-order valence-electron chi connectivity index (χ1n) is 6.47. The first kappa shape index (κ1) is 13.1. The molecule has 1 unspecified atom stereocenters. The van der Waals surface area contributed by atoms with E-state index in [-0.39, 0.29) is 0 Å². The molecular formula is C13H21N3O2. The van der Waals surface area contributed by atoms with Crippen molar-refractivity contribution in [3.8, 4) is 0 Å². The number of nitrogens with zero attached hydrogens (tertiary/aromatic N) is 3. The number of carbonyl (C=O) groups is 1. The molecule has 0 radical (unpaired) electrons. The Kier molecular flexibility index (Phi) is 3.43. The number of carboxylic acid groups (broad SMARTS) is 1. The molecule has 2 heterocycles. The largest absolute Gasteiger partial charge is 0.480 e. The lowest BCUT2D eigenvalue weighted by atomic mass is 9.99. The van der Waals surface area contributed by atoms with Crippen molar-refractivity contribution in [3.63, 3.8) is 0 Å². The SMILES string of the molecule is CCc1nn(C)cc1CN1CCCC1(C)C(=O)O. The molecule has 1 saturated heterocycles. The summed E-state index contributed by atoms with van der Waals surface area (Å²) in [4.78, 5) is 13.5. The molecule has 1 fully saturated rings. The van der Waals surface area contributed by atoms with Crippen molar-refractivity contribution in [2.45, 2.75) is 45.2 Å². The third kappa shape index (κ3) is 2.14. The van der Waals surface area contributed by atoms with Gasteiger partial charge in [-0.2, -0.15) is 5.10 Å². The summed E-state index contributed by atoms with van der Waals surface area (Å²) in [6, 6.07) is 0. The zero-order chi connectivity index (χ0) is 13.3.